The van der Waals surface area contributed by atoms with Gasteiger partial charge in [-0.15, -0.1) is 0 Å². The highest BCUT2D eigenvalue weighted by molar-refractivity contribution is 9.10. The number of carbonyl (C=O) groups is 2. The molecule has 1 aliphatic rings. The predicted octanol–water partition coefficient (Wildman–Crippen LogP) is 2.64. The van der Waals surface area contributed by atoms with Crippen molar-refractivity contribution in [1.29, 1.82) is 0 Å². The Morgan fingerprint density at radius 3 is 2.36 bits per heavy atom. The van der Waals surface area contributed by atoms with Crippen LogP contribution in [0.4, 0.5) is 0 Å². The van der Waals surface area contributed by atoms with E-state index in [1.165, 1.54) is 0 Å². The van der Waals surface area contributed by atoms with Gasteiger partial charge >= 0.3 is 0 Å². The Morgan fingerprint density at radius 2 is 1.84 bits per heavy atom. The number of halogens is 1. The van der Waals surface area contributed by atoms with E-state index in [-0.39, 0.29) is 17.7 Å². The smallest absolute Gasteiger partial charge is 0.245 e. The number of hydrogen-bond donors (Lipinski definition) is 1. The van der Waals surface area contributed by atoms with E-state index in [1.807, 2.05) is 43.3 Å². The Hall–Kier alpha value is -1.40. The summed E-state index contributed by atoms with van der Waals surface area (Å²) in [6.45, 7) is 3.74. The number of amides is 2. The zero-order valence-corrected chi connectivity index (χ0v) is 16.9. The van der Waals surface area contributed by atoms with Crippen molar-refractivity contribution in [3.63, 3.8) is 0 Å². The van der Waals surface area contributed by atoms with Gasteiger partial charge < -0.3 is 15.1 Å². The number of nitrogens with zero attached hydrogens (tertiary/aromatic N) is 2. The summed E-state index contributed by atoms with van der Waals surface area (Å²) in [6.07, 6.45) is 2.99. The normalized spacial score (nSPS) is 15.6. The first-order valence-corrected chi connectivity index (χ1v) is 9.64. The number of nitrogens with one attached hydrogen (secondary N) is 1. The molecule has 1 unspecified atom stereocenters. The molecule has 5 nitrogen and oxygen atoms in total. The van der Waals surface area contributed by atoms with E-state index in [4.69, 9.17) is 0 Å². The molecule has 2 rings (SSSR count). The largest absolute Gasteiger partial charge is 0.344 e. The highest BCUT2D eigenvalue weighted by Gasteiger charge is 2.29. The molecule has 1 N–H and O–H groups in total. The molecule has 2 amide bonds. The molecule has 1 saturated carbocycles. The molecule has 0 aromatic heterocycles. The maximum absolute atomic E-state index is 12.9. The quantitative estimate of drug-likeness (QED) is 0.717. The first-order valence-electron chi connectivity index (χ1n) is 8.85. The van der Waals surface area contributed by atoms with Gasteiger partial charge in [0.1, 0.15) is 6.04 Å². The van der Waals surface area contributed by atoms with Gasteiger partial charge in [-0.25, -0.2) is 0 Å². The van der Waals surface area contributed by atoms with E-state index in [1.54, 1.807) is 6.92 Å². The van der Waals surface area contributed by atoms with Crippen LogP contribution < -0.4 is 5.32 Å². The maximum Gasteiger partial charge on any atom is 0.245 e. The summed E-state index contributed by atoms with van der Waals surface area (Å²) in [7, 11) is 3.98. The fourth-order valence-electron chi connectivity index (χ4n) is 2.74. The molecule has 138 valence electrons. The highest BCUT2D eigenvalue weighted by Crippen LogP contribution is 2.26. The summed E-state index contributed by atoms with van der Waals surface area (Å²) in [5.41, 5.74) is 1.08. The molecule has 1 aromatic rings. The van der Waals surface area contributed by atoms with Crippen LogP contribution in [0.2, 0.25) is 0 Å². The molecule has 1 atom stereocenters. The first-order chi connectivity index (χ1) is 11.9. The van der Waals surface area contributed by atoms with E-state index in [9.17, 15) is 9.59 Å². The van der Waals surface area contributed by atoms with Gasteiger partial charge in [-0.05, 0) is 51.6 Å². The Morgan fingerprint density at radius 1 is 1.20 bits per heavy atom. The Balaban J connectivity index is 2.00. The summed E-state index contributed by atoms with van der Waals surface area (Å²) < 4.78 is 1.02. The second-order valence-electron chi connectivity index (χ2n) is 7.05. The minimum atomic E-state index is -0.495. The van der Waals surface area contributed by atoms with Gasteiger partial charge in [-0.2, -0.15) is 0 Å². The summed E-state index contributed by atoms with van der Waals surface area (Å²) >= 11 is 3.43. The zero-order valence-electron chi connectivity index (χ0n) is 15.3. The lowest BCUT2D eigenvalue weighted by molar-refractivity contribution is -0.138. The third-order valence-electron chi connectivity index (χ3n) is 4.62. The summed E-state index contributed by atoms with van der Waals surface area (Å²) in [5, 5.41) is 2.89. The number of likely N-dealkylation sites (N-methyl/N-ethyl adjacent to an activating group) is 1. The fraction of sp³-hybridized carbons (Fsp3) is 0.579. The SMILES string of the molecule is CC(NC(=O)C1CCC1)C(=O)N(CCN(C)C)Cc1ccc(Br)cc1. The van der Waals surface area contributed by atoms with Gasteiger partial charge in [0, 0.05) is 30.0 Å². The Bertz CT molecular complexity index is 585. The van der Waals surface area contributed by atoms with Crippen LogP contribution >= 0.6 is 15.9 Å². The van der Waals surface area contributed by atoms with Gasteiger partial charge in [0.05, 0.1) is 0 Å². The molecule has 1 fully saturated rings. The molecule has 1 aliphatic carbocycles. The summed E-state index contributed by atoms with van der Waals surface area (Å²) in [4.78, 5) is 28.9. The molecule has 6 heteroatoms. The third kappa shape index (κ3) is 6.12. The van der Waals surface area contributed by atoms with Gasteiger partial charge in [-0.3, -0.25) is 9.59 Å². The van der Waals surface area contributed by atoms with E-state index < -0.39 is 6.04 Å². The van der Waals surface area contributed by atoms with Crippen LogP contribution in [-0.4, -0.2) is 54.8 Å². The fourth-order valence-corrected chi connectivity index (χ4v) is 3.00. The van der Waals surface area contributed by atoms with Crippen molar-refractivity contribution in [3.05, 3.63) is 34.3 Å². The minimum Gasteiger partial charge on any atom is -0.344 e. The molecule has 0 heterocycles. The molecular weight excluding hydrogens is 382 g/mol. The minimum absolute atomic E-state index is 0.0169. The molecule has 0 radical (unpaired) electrons. The van der Waals surface area contributed by atoms with Crippen LogP contribution in [0.3, 0.4) is 0 Å². The van der Waals surface area contributed by atoms with Crippen molar-refractivity contribution in [2.45, 2.75) is 38.8 Å². The number of rotatable bonds is 8. The summed E-state index contributed by atoms with van der Waals surface area (Å²) in [5.74, 6) is 0.0812. The molecular formula is C19H28BrN3O2. The average Bonchev–Trinajstić information content (AvgIpc) is 2.50. The maximum atomic E-state index is 12.9. The van der Waals surface area contributed by atoms with Crippen molar-refractivity contribution in [3.8, 4) is 0 Å². The highest BCUT2D eigenvalue weighted by atomic mass is 79.9. The Labute approximate surface area is 158 Å². The third-order valence-corrected chi connectivity index (χ3v) is 5.15. The predicted molar refractivity (Wildman–Crippen MR) is 103 cm³/mol. The molecule has 25 heavy (non-hydrogen) atoms. The van der Waals surface area contributed by atoms with Crippen molar-refractivity contribution in [2.24, 2.45) is 5.92 Å². The molecule has 0 bridgehead atoms. The van der Waals surface area contributed by atoms with Crippen LogP contribution in [0.15, 0.2) is 28.7 Å². The van der Waals surface area contributed by atoms with Crippen LogP contribution in [0, 0.1) is 5.92 Å². The molecule has 0 aliphatic heterocycles. The van der Waals surface area contributed by atoms with E-state index >= 15 is 0 Å². The Kier molecular flexibility index (Phi) is 7.44. The molecule has 1 aromatic carbocycles. The molecule has 0 saturated heterocycles. The first kappa shape index (κ1) is 19.9. The van der Waals surface area contributed by atoms with Crippen molar-refractivity contribution >= 4 is 27.7 Å². The van der Waals surface area contributed by atoms with Gasteiger partial charge in [0.2, 0.25) is 11.8 Å². The standard InChI is InChI=1S/C19H28BrN3O2/c1-14(21-18(24)16-5-4-6-16)19(25)23(12-11-22(2)3)13-15-7-9-17(20)10-8-15/h7-10,14,16H,4-6,11-13H2,1-3H3,(H,21,24). The second-order valence-corrected chi connectivity index (χ2v) is 7.96. The second kappa shape index (κ2) is 9.34. The van der Waals surface area contributed by atoms with Gasteiger partial charge in [0.15, 0.2) is 0 Å². The zero-order chi connectivity index (χ0) is 18.4. The summed E-state index contributed by atoms with van der Waals surface area (Å²) in [6, 6.07) is 7.48. The van der Waals surface area contributed by atoms with E-state index in [2.05, 4.69) is 26.1 Å². The van der Waals surface area contributed by atoms with Crippen LogP contribution in [0.25, 0.3) is 0 Å². The molecule has 0 spiro atoms. The van der Waals surface area contributed by atoms with Crippen LogP contribution in [0.5, 0.6) is 0 Å². The van der Waals surface area contributed by atoms with Crippen molar-refractivity contribution in [1.82, 2.24) is 15.1 Å². The number of hydrogen-bond acceptors (Lipinski definition) is 3. The van der Waals surface area contributed by atoms with E-state index in [0.717, 1.165) is 35.8 Å². The van der Waals surface area contributed by atoms with Crippen molar-refractivity contribution < 1.29 is 9.59 Å². The lowest BCUT2D eigenvalue weighted by Crippen LogP contribution is -2.50. The monoisotopic (exact) mass is 409 g/mol. The van der Waals surface area contributed by atoms with Gasteiger partial charge in [-0.1, -0.05) is 34.5 Å². The topological polar surface area (TPSA) is 52.7 Å². The number of carbonyl (C=O) groups excluding carboxylic acids is 2. The van der Waals surface area contributed by atoms with E-state index in [0.29, 0.717) is 13.1 Å². The average molecular weight is 410 g/mol. The lowest BCUT2D eigenvalue weighted by Gasteiger charge is -2.30. The number of benzene rings is 1. The lowest BCUT2D eigenvalue weighted by atomic mass is 9.84. The van der Waals surface area contributed by atoms with Gasteiger partial charge in [0.25, 0.3) is 0 Å². The van der Waals surface area contributed by atoms with Crippen LogP contribution in [-0.2, 0) is 16.1 Å². The van der Waals surface area contributed by atoms with Crippen LogP contribution in [0.1, 0.15) is 31.7 Å². The van der Waals surface area contributed by atoms with Crippen molar-refractivity contribution in [2.75, 3.05) is 27.2 Å².